The molecule has 0 saturated heterocycles. The van der Waals surface area contributed by atoms with Crippen LogP contribution in [0.2, 0.25) is 0 Å². The lowest BCUT2D eigenvalue weighted by Crippen LogP contribution is -1.93. The molecule has 0 aromatic carbocycles. The van der Waals surface area contributed by atoms with Gasteiger partial charge in [0.25, 0.3) is 0 Å². The zero-order chi connectivity index (χ0) is 8.39. The van der Waals surface area contributed by atoms with E-state index in [2.05, 4.69) is 14.7 Å². The molecule has 0 atom stereocenters. The number of aromatic nitrogens is 2. The summed E-state index contributed by atoms with van der Waals surface area (Å²) in [5.74, 6) is 0.582. The number of nitrogens with one attached hydrogen (secondary N) is 1. The first-order chi connectivity index (χ1) is 5.92. The predicted molar refractivity (Wildman–Crippen MR) is 47.1 cm³/mol. The zero-order valence-electron chi connectivity index (χ0n) is 6.02. The smallest absolute Gasteiger partial charge is 0.212 e. The molecule has 0 aliphatic carbocycles. The monoisotopic (exact) mass is 179 g/mol. The Bertz CT molecular complexity index is 412. The van der Waals surface area contributed by atoms with Crippen LogP contribution in [0.15, 0.2) is 18.3 Å². The maximum absolute atomic E-state index is 10.1. The first-order valence-electron chi connectivity index (χ1n) is 3.32. The van der Waals surface area contributed by atoms with E-state index in [9.17, 15) is 4.79 Å². The van der Waals surface area contributed by atoms with Gasteiger partial charge in [-0.3, -0.25) is 4.79 Å². The number of carbonyl (C=O) groups excluding carboxylic acids is 1. The topological polar surface area (TPSA) is 54.9 Å². The second-order valence-electron chi connectivity index (χ2n) is 2.15. The van der Waals surface area contributed by atoms with Gasteiger partial charge in [0.15, 0.2) is 5.82 Å². The van der Waals surface area contributed by atoms with Crippen LogP contribution in [0.3, 0.4) is 0 Å². The molecule has 0 bridgehead atoms. The van der Waals surface area contributed by atoms with E-state index < -0.39 is 0 Å². The summed E-state index contributed by atoms with van der Waals surface area (Å²) in [6, 6.07) is 3.68. The van der Waals surface area contributed by atoms with E-state index >= 15 is 0 Å². The third-order valence-electron chi connectivity index (χ3n) is 1.45. The van der Waals surface area contributed by atoms with Gasteiger partial charge in [-0.2, -0.15) is 4.37 Å². The first-order valence-corrected chi connectivity index (χ1v) is 4.10. The second-order valence-corrected chi connectivity index (χ2v) is 2.90. The highest BCUT2D eigenvalue weighted by Crippen LogP contribution is 2.23. The van der Waals surface area contributed by atoms with E-state index in [4.69, 9.17) is 0 Å². The molecule has 0 saturated carbocycles. The molecule has 1 amide bonds. The standard InChI is InChI=1S/C7H5N3OS/c11-4-9-6-5-2-1-3-8-7(5)12-10-6/h1-4H,(H,9,10,11). The molecule has 2 aromatic heterocycles. The van der Waals surface area contributed by atoms with Crippen LogP contribution >= 0.6 is 11.5 Å². The van der Waals surface area contributed by atoms with Gasteiger partial charge < -0.3 is 5.32 Å². The van der Waals surface area contributed by atoms with Gasteiger partial charge in [0, 0.05) is 6.20 Å². The molecule has 2 aromatic rings. The summed E-state index contributed by atoms with van der Waals surface area (Å²) in [5, 5.41) is 3.39. The molecule has 1 N–H and O–H groups in total. The minimum Gasteiger partial charge on any atom is -0.312 e. The molecule has 0 unspecified atom stereocenters. The van der Waals surface area contributed by atoms with Crippen LogP contribution in [-0.2, 0) is 4.79 Å². The summed E-state index contributed by atoms with van der Waals surface area (Å²) >= 11 is 1.27. The molecule has 12 heavy (non-hydrogen) atoms. The van der Waals surface area contributed by atoms with Crippen molar-refractivity contribution in [3.8, 4) is 0 Å². The molecule has 0 aliphatic rings. The van der Waals surface area contributed by atoms with Gasteiger partial charge in [-0.05, 0) is 23.7 Å². The van der Waals surface area contributed by atoms with E-state index in [0.717, 1.165) is 10.2 Å². The number of hydrogen-bond acceptors (Lipinski definition) is 4. The van der Waals surface area contributed by atoms with Crippen molar-refractivity contribution in [3.05, 3.63) is 18.3 Å². The van der Waals surface area contributed by atoms with E-state index in [0.29, 0.717) is 12.2 Å². The quantitative estimate of drug-likeness (QED) is 0.706. The lowest BCUT2D eigenvalue weighted by atomic mass is 10.3. The van der Waals surface area contributed by atoms with Crippen molar-refractivity contribution in [2.75, 3.05) is 5.32 Å². The fraction of sp³-hybridized carbons (Fsp3) is 0. The summed E-state index contributed by atoms with van der Waals surface area (Å²) in [4.78, 5) is 15.1. The minimum atomic E-state index is 0.582. The Morgan fingerprint density at radius 2 is 2.50 bits per heavy atom. The zero-order valence-corrected chi connectivity index (χ0v) is 6.84. The van der Waals surface area contributed by atoms with Gasteiger partial charge in [-0.1, -0.05) is 0 Å². The van der Waals surface area contributed by atoms with Gasteiger partial charge in [0.1, 0.15) is 4.83 Å². The van der Waals surface area contributed by atoms with Crippen molar-refractivity contribution >= 4 is 34.0 Å². The van der Waals surface area contributed by atoms with Gasteiger partial charge in [0.05, 0.1) is 5.39 Å². The van der Waals surface area contributed by atoms with Crippen molar-refractivity contribution in [2.45, 2.75) is 0 Å². The average molecular weight is 179 g/mol. The van der Waals surface area contributed by atoms with Crippen molar-refractivity contribution in [1.29, 1.82) is 0 Å². The molecule has 2 rings (SSSR count). The number of carbonyl (C=O) groups is 1. The molecule has 0 aliphatic heterocycles. The molecule has 60 valence electrons. The Labute approximate surface area is 72.4 Å². The van der Waals surface area contributed by atoms with Crippen LogP contribution in [0, 0.1) is 0 Å². The number of pyridine rings is 1. The fourth-order valence-electron chi connectivity index (χ4n) is 0.942. The van der Waals surface area contributed by atoms with Crippen molar-refractivity contribution in [1.82, 2.24) is 9.36 Å². The highest BCUT2D eigenvalue weighted by molar-refractivity contribution is 7.13. The highest BCUT2D eigenvalue weighted by atomic mass is 32.1. The second kappa shape index (κ2) is 2.86. The molecule has 5 heteroatoms. The van der Waals surface area contributed by atoms with E-state index in [1.54, 1.807) is 6.20 Å². The van der Waals surface area contributed by atoms with Gasteiger partial charge in [0.2, 0.25) is 6.41 Å². The maximum Gasteiger partial charge on any atom is 0.212 e. The Morgan fingerprint density at radius 3 is 3.33 bits per heavy atom. The van der Waals surface area contributed by atoms with Crippen LogP contribution in [0.1, 0.15) is 0 Å². The van der Waals surface area contributed by atoms with E-state index in [1.807, 2.05) is 12.1 Å². The van der Waals surface area contributed by atoms with E-state index in [1.165, 1.54) is 11.5 Å². The SMILES string of the molecule is O=CNc1nsc2ncccc12. The van der Waals surface area contributed by atoms with Gasteiger partial charge in [-0.15, -0.1) is 0 Å². The number of hydrogen-bond donors (Lipinski definition) is 1. The van der Waals surface area contributed by atoms with Crippen LogP contribution in [0.25, 0.3) is 10.2 Å². The average Bonchev–Trinajstić information content (AvgIpc) is 2.50. The Morgan fingerprint density at radius 1 is 1.58 bits per heavy atom. The van der Waals surface area contributed by atoms with Gasteiger partial charge >= 0.3 is 0 Å². The van der Waals surface area contributed by atoms with Crippen molar-refractivity contribution in [2.24, 2.45) is 0 Å². The summed E-state index contributed by atoms with van der Waals surface area (Å²) in [6.07, 6.45) is 2.31. The normalized spacial score (nSPS) is 10.0. The largest absolute Gasteiger partial charge is 0.312 e. The molecular weight excluding hydrogens is 174 g/mol. The summed E-state index contributed by atoms with van der Waals surface area (Å²) in [6.45, 7) is 0. The number of anilines is 1. The maximum atomic E-state index is 10.1. The minimum absolute atomic E-state index is 0.582. The van der Waals surface area contributed by atoms with Crippen molar-refractivity contribution in [3.63, 3.8) is 0 Å². The third kappa shape index (κ3) is 1.04. The Balaban J connectivity index is 2.62. The highest BCUT2D eigenvalue weighted by Gasteiger charge is 2.03. The number of nitrogens with zero attached hydrogens (tertiary/aromatic N) is 2. The summed E-state index contributed by atoms with van der Waals surface area (Å²) in [5.41, 5.74) is 0. The number of fused-ring (bicyclic) bond motifs is 1. The van der Waals surface area contributed by atoms with Crippen LogP contribution < -0.4 is 5.32 Å². The molecule has 2 heterocycles. The first kappa shape index (κ1) is 7.17. The fourth-order valence-corrected chi connectivity index (χ4v) is 1.64. The molecule has 0 spiro atoms. The number of amides is 1. The summed E-state index contributed by atoms with van der Waals surface area (Å²) < 4.78 is 4.02. The lowest BCUT2D eigenvalue weighted by Gasteiger charge is -1.90. The van der Waals surface area contributed by atoms with Crippen LogP contribution in [-0.4, -0.2) is 15.8 Å². The molecule has 4 nitrogen and oxygen atoms in total. The lowest BCUT2D eigenvalue weighted by molar-refractivity contribution is -0.105. The molecule has 0 radical (unpaired) electrons. The Hall–Kier alpha value is -1.49. The van der Waals surface area contributed by atoms with Crippen molar-refractivity contribution < 1.29 is 4.79 Å². The molecule has 0 fully saturated rings. The Kier molecular flexibility index (Phi) is 1.71. The van der Waals surface area contributed by atoms with E-state index in [-0.39, 0.29) is 0 Å². The summed E-state index contributed by atoms with van der Waals surface area (Å²) in [7, 11) is 0. The third-order valence-corrected chi connectivity index (χ3v) is 2.22. The number of rotatable bonds is 2. The van der Waals surface area contributed by atoms with Crippen LogP contribution in [0.4, 0.5) is 5.82 Å². The molecular formula is C7H5N3OS. The predicted octanol–water partition coefficient (Wildman–Crippen LogP) is 1.26. The van der Waals surface area contributed by atoms with Gasteiger partial charge in [-0.25, -0.2) is 4.98 Å². The van der Waals surface area contributed by atoms with Crippen LogP contribution in [0.5, 0.6) is 0 Å².